The molecule has 1 aromatic carbocycles. The summed E-state index contributed by atoms with van der Waals surface area (Å²) in [4.78, 5) is 0. The molecule has 0 aliphatic heterocycles. The van der Waals surface area contributed by atoms with Crippen LogP contribution >= 0.6 is 0 Å². The molecule has 0 heterocycles. The Balaban J connectivity index is 0.000000640. The van der Waals surface area contributed by atoms with Crippen LogP contribution in [0.15, 0.2) is 24.3 Å². The molecule has 1 rings (SSSR count). The van der Waals surface area contributed by atoms with Gasteiger partial charge in [0.15, 0.2) is 0 Å². The summed E-state index contributed by atoms with van der Waals surface area (Å²) >= 11 is 0. The van der Waals surface area contributed by atoms with E-state index in [2.05, 4.69) is 19.1 Å². The van der Waals surface area contributed by atoms with Crippen molar-refractivity contribution in [3.8, 4) is 0 Å². The van der Waals surface area contributed by atoms with Crippen molar-refractivity contribution in [1.82, 2.24) is 0 Å². The summed E-state index contributed by atoms with van der Waals surface area (Å²) < 4.78 is 0. The molecule has 48 valence electrons. The van der Waals surface area contributed by atoms with Crippen LogP contribution in [0.2, 0.25) is 0 Å². The molecule has 0 nitrogen and oxygen atoms in total. The minimum atomic E-state index is 0. The van der Waals surface area contributed by atoms with Gasteiger partial charge in [0, 0.05) is 17.4 Å². The van der Waals surface area contributed by atoms with Crippen molar-refractivity contribution < 1.29 is 17.4 Å². The molecule has 0 bridgehead atoms. The number of benzene rings is 1. The van der Waals surface area contributed by atoms with Crippen molar-refractivity contribution in [3.05, 3.63) is 35.9 Å². The van der Waals surface area contributed by atoms with Crippen molar-refractivity contribution in [1.29, 1.82) is 0 Å². The number of aryl methyl sites for hydroxylation is 1. The summed E-state index contributed by atoms with van der Waals surface area (Å²) in [6.45, 7) is 2.14. The third-order valence-corrected chi connectivity index (χ3v) is 1.18. The van der Waals surface area contributed by atoms with E-state index in [1.54, 1.807) is 0 Å². The van der Waals surface area contributed by atoms with Gasteiger partial charge in [-0.15, -0.1) is 0 Å². The summed E-state index contributed by atoms with van der Waals surface area (Å²) in [6.07, 6.45) is 1.11. The van der Waals surface area contributed by atoms with Gasteiger partial charge < -0.3 is 0 Å². The van der Waals surface area contributed by atoms with Crippen molar-refractivity contribution in [2.75, 3.05) is 0 Å². The molecule has 0 saturated carbocycles. The van der Waals surface area contributed by atoms with E-state index in [-0.39, 0.29) is 17.4 Å². The molecule has 0 unspecified atom stereocenters. The fourth-order valence-corrected chi connectivity index (χ4v) is 0.650. The molecule has 1 heteroatoms. The Morgan fingerprint density at radius 2 is 2.33 bits per heavy atom. The van der Waals surface area contributed by atoms with Crippen LogP contribution in [-0.4, -0.2) is 0 Å². The smallest absolute Gasteiger partial charge is 0 e. The zero-order valence-electron chi connectivity index (χ0n) is 5.42. The Hall–Kier alpha value is -0.248. The molecule has 0 fully saturated rings. The molecule has 1 aromatic rings. The first-order chi connectivity index (χ1) is 3.93. The van der Waals surface area contributed by atoms with Gasteiger partial charge in [-0.1, -0.05) is 13.3 Å². The Bertz CT molecular complexity index is 146. The maximum absolute atomic E-state index is 3.01. The molecule has 0 radical (unpaired) electrons. The molecule has 0 saturated heterocycles. The molecule has 0 atom stereocenters. The molecule has 0 spiro atoms. The Morgan fingerprint density at radius 3 is 2.67 bits per heavy atom. The first-order valence-electron chi connectivity index (χ1n) is 2.88. The second-order valence-electron chi connectivity index (χ2n) is 1.77. The molecule has 0 aliphatic rings. The van der Waals surface area contributed by atoms with E-state index >= 15 is 0 Å². The van der Waals surface area contributed by atoms with E-state index in [0.717, 1.165) is 6.42 Å². The van der Waals surface area contributed by atoms with Crippen molar-refractivity contribution in [2.45, 2.75) is 13.3 Å². The van der Waals surface area contributed by atoms with Gasteiger partial charge in [0.25, 0.3) is 0 Å². The average molecular weight is 157 g/mol. The Labute approximate surface area is 67.0 Å². The fraction of sp³-hybridized carbons (Fsp3) is 0.250. The fourth-order valence-electron chi connectivity index (χ4n) is 0.650. The maximum Gasteiger partial charge on any atom is 0 e. The Morgan fingerprint density at radius 1 is 1.56 bits per heavy atom. The van der Waals surface area contributed by atoms with Crippen LogP contribution in [-0.2, 0) is 23.8 Å². The summed E-state index contributed by atoms with van der Waals surface area (Å²) in [5, 5.41) is 0. The topological polar surface area (TPSA) is 0 Å². The van der Waals surface area contributed by atoms with Crippen LogP contribution in [0.25, 0.3) is 0 Å². The minimum absolute atomic E-state index is 0. The van der Waals surface area contributed by atoms with Crippen LogP contribution in [0.3, 0.4) is 0 Å². The van der Waals surface area contributed by atoms with Gasteiger partial charge in [0.1, 0.15) is 0 Å². The number of rotatable bonds is 1. The molecule has 0 aromatic heterocycles. The molecule has 9 heavy (non-hydrogen) atoms. The second kappa shape index (κ2) is 4.61. The van der Waals surface area contributed by atoms with Gasteiger partial charge in [0.05, 0.1) is 0 Å². The quantitative estimate of drug-likeness (QED) is 0.547. The maximum atomic E-state index is 3.01. The van der Waals surface area contributed by atoms with Crippen LogP contribution < -0.4 is 0 Å². The van der Waals surface area contributed by atoms with E-state index in [1.807, 2.05) is 18.2 Å². The van der Waals surface area contributed by atoms with E-state index < -0.39 is 0 Å². The van der Waals surface area contributed by atoms with Gasteiger partial charge in [-0.3, -0.25) is 0 Å². The predicted molar refractivity (Wildman–Crippen MR) is 34.7 cm³/mol. The molecule has 0 amide bonds. The largest absolute Gasteiger partial charge is 0.184 e. The van der Waals surface area contributed by atoms with Gasteiger partial charge in [-0.2, -0.15) is 35.9 Å². The van der Waals surface area contributed by atoms with Gasteiger partial charge in [0.2, 0.25) is 0 Å². The van der Waals surface area contributed by atoms with Gasteiger partial charge >= 0.3 is 0 Å². The average Bonchev–Trinajstić information content (AvgIpc) is 1.90. The molecule has 0 N–H and O–H groups in total. The van der Waals surface area contributed by atoms with Gasteiger partial charge in [-0.05, 0) is 0 Å². The molecular formula is C8H9Cr-. The summed E-state index contributed by atoms with van der Waals surface area (Å²) in [5.74, 6) is 0. The second-order valence-corrected chi connectivity index (χ2v) is 1.77. The van der Waals surface area contributed by atoms with Crippen LogP contribution in [0, 0.1) is 6.07 Å². The third-order valence-electron chi connectivity index (χ3n) is 1.18. The van der Waals surface area contributed by atoms with Crippen molar-refractivity contribution in [2.24, 2.45) is 0 Å². The zero-order chi connectivity index (χ0) is 5.82. The van der Waals surface area contributed by atoms with Crippen LogP contribution in [0.5, 0.6) is 0 Å². The van der Waals surface area contributed by atoms with E-state index in [1.165, 1.54) is 5.56 Å². The number of hydrogen-bond acceptors (Lipinski definition) is 0. The van der Waals surface area contributed by atoms with Crippen molar-refractivity contribution in [3.63, 3.8) is 0 Å². The number of hydrogen-bond donors (Lipinski definition) is 0. The first-order valence-corrected chi connectivity index (χ1v) is 2.88. The van der Waals surface area contributed by atoms with Gasteiger partial charge in [-0.25, -0.2) is 0 Å². The summed E-state index contributed by atoms with van der Waals surface area (Å²) in [7, 11) is 0. The molecular weight excluding hydrogens is 148 g/mol. The minimum Gasteiger partial charge on any atom is -0.184 e. The molecule has 0 aliphatic carbocycles. The normalized spacial score (nSPS) is 8.11. The SMILES string of the molecule is CCc1c[c-]ccc1.[Cr]. The van der Waals surface area contributed by atoms with E-state index in [4.69, 9.17) is 0 Å². The first kappa shape index (κ1) is 8.75. The predicted octanol–water partition coefficient (Wildman–Crippen LogP) is 2.05. The van der Waals surface area contributed by atoms with Crippen LogP contribution in [0.1, 0.15) is 12.5 Å². The van der Waals surface area contributed by atoms with E-state index in [9.17, 15) is 0 Å². The van der Waals surface area contributed by atoms with E-state index in [0.29, 0.717) is 0 Å². The standard InChI is InChI=1S/C8H9.Cr/c1-2-8-6-4-3-5-7-8;/h3-4,6-7H,2H2,1H3;/q-1;. The third kappa shape index (κ3) is 2.70. The summed E-state index contributed by atoms with van der Waals surface area (Å²) in [5.41, 5.74) is 1.35. The summed E-state index contributed by atoms with van der Waals surface area (Å²) in [6, 6.07) is 11.1. The zero-order valence-corrected chi connectivity index (χ0v) is 6.70. The van der Waals surface area contributed by atoms with Crippen LogP contribution in [0.4, 0.5) is 0 Å². The Kier molecular flexibility index (Phi) is 4.49. The monoisotopic (exact) mass is 157 g/mol. The van der Waals surface area contributed by atoms with Crippen molar-refractivity contribution >= 4 is 0 Å².